The van der Waals surface area contributed by atoms with Crippen molar-refractivity contribution in [1.29, 1.82) is 0 Å². The maximum absolute atomic E-state index is 5.49. The van der Waals surface area contributed by atoms with Crippen LogP contribution >= 0.6 is 15.9 Å². The third-order valence-electron chi connectivity index (χ3n) is 2.99. The molecule has 1 heterocycles. The van der Waals surface area contributed by atoms with Crippen LogP contribution in [0.3, 0.4) is 0 Å². The zero-order valence-corrected chi connectivity index (χ0v) is 13.4. The molecule has 0 aliphatic carbocycles. The third kappa shape index (κ3) is 3.81. The van der Waals surface area contributed by atoms with Gasteiger partial charge in [-0.3, -0.25) is 4.98 Å². The number of rotatable bonds is 6. The number of benzene rings is 1. The van der Waals surface area contributed by atoms with Gasteiger partial charge < -0.3 is 10.1 Å². The number of ether oxygens (including phenoxy) is 1. The number of aromatic nitrogens is 1. The molecule has 3 nitrogen and oxygen atoms in total. The molecule has 0 saturated carbocycles. The van der Waals surface area contributed by atoms with E-state index < -0.39 is 0 Å². The largest absolute Gasteiger partial charge is 0.494 e. The minimum absolute atomic E-state index is 0.140. The van der Waals surface area contributed by atoms with Crippen molar-refractivity contribution in [3.63, 3.8) is 0 Å². The van der Waals surface area contributed by atoms with Gasteiger partial charge in [-0.2, -0.15) is 0 Å². The van der Waals surface area contributed by atoms with Gasteiger partial charge in [-0.15, -0.1) is 0 Å². The standard InChI is InChI=1S/C16H19BrN2O/c1-3-19-16(13-9-14(17)11-18-10-13)12-5-7-15(8-6-12)20-4-2/h5-11,16,19H,3-4H2,1-2H3. The van der Waals surface area contributed by atoms with Gasteiger partial charge in [0.15, 0.2) is 0 Å². The zero-order chi connectivity index (χ0) is 14.4. The van der Waals surface area contributed by atoms with Crippen LogP contribution < -0.4 is 10.1 Å². The van der Waals surface area contributed by atoms with E-state index in [0.29, 0.717) is 6.61 Å². The average molecular weight is 335 g/mol. The van der Waals surface area contributed by atoms with Crippen molar-refractivity contribution in [1.82, 2.24) is 10.3 Å². The molecule has 4 heteroatoms. The Hall–Kier alpha value is -1.39. The highest BCUT2D eigenvalue weighted by molar-refractivity contribution is 9.10. The van der Waals surface area contributed by atoms with Crippen molar-refractivity contribution in [3.05, 3.63) is 58.3 Å². The van der Waals surface area contributed by atoms with E-state index in [1.807, 2.05) is 25.3 Å². The third-order valence-corrected chi connectivity index (χ3v) is 3.43. The van der Waals surface area contributed by atoms with Crippen LogP contribution in [0.2, 0.25) is 0 Å². The summed E-state index contributed by atoms with van der Waals surface area (Å²) < 4.78 is 6.47. The van der Waals surface area contributed by atoms with Crippen molar-refractivity contribution in [2.45, 2.75) is 19.9 Å². The molecule has 0 radical (unpaired) electrons. The first-order valence-electron chi connectivity index (χ1n) is 6.81. The van der Waals surface area contributed by atoms with Crippen LogP contribution in [0.4, 0.5) is 0 Å². The Kier molecular flexibility index (Phi) is 5.56. The molecule has 1 N–H and O–H groups in total. The predicted octanol–water partition coefficient (Wildman–Crippen LogP) is 3.94. The molecule has 2 rings (SSSR count). The summed E-state index contributed by atoms with van der Waals surface area (Å²) in [6, 6.07) is 10.4. The Morgan fingerprint density at radius 1 is 1.15 bits per heavy atom. The first-order chi connectivity index (χ1) is 9.74. The Morgan fingerprint density at radius 2 is 1.90 bits per heavy atom. The maximum Gasteiger partial charge on any atom is 0.119 e. The Morgan fingerprint density at radius 3 is 2.50 bits per heavy atom. The lowest BCUT2D eigenvalue weighted by Crippen LogP contribution is -2.22. The molecule has 0 fully saturated rings. The number of hydrogen-bond acceptors (Lipinski definition) is 3. The second-order valence-corrected chi connectivity index (χ2v) is 5.34. The molecule has 106 valence electrons. The summed E-state index contributed by atoms with van der Waals surface area (Å²) in [4.78, 5) is 4.25. The Labute approximate surface area is 128 Å². The van der Waals surface area contributed by atoms with Gasteiger partial charge in [0.25, 0.3) is 0 Å². The highest BCUT2D eigenvalue weighted by atomic mass is 79.9. The van der Waals surface area contributed by atoms with Gasteiger partial charge in [0.05, 0.1) is 12.6 Å². The summed E-state index contributed by atoms with van der Waals surface area (Å²) in [6.07, 6.45) is 3.69. The second kappa shape index (κ2) is 7.41. The fourth-order valence-corrected chi connectivity index (χ4v) is 2.52. The quantitative estimate of drug-likeness (QED) is 0.868. The molecule has 20 heavy (non-hydrogen) atoms. The lowest BCUT2D eigenvalue weighted by atomic mass is 10.00. The number of nitrogens with zero attached hydrogens (tertiary/aromatic N) is 1. The second-order valence-electron chi connectivity index (χ2n) is 4.43. The zero-order valence-electron chi connectivity index (χ0n) is 11.8. The van der Waals surface area contributed by atoms with E-state index >= 15 is 0 Å². The van der Waals surface area contributed by atoms with Crippen LogP contribution in [0, 0.1) is 0 Å². The minimum Gasteiger partial charge on any atom is -0.494 e. The summed E-state index contributed by atoms with van der Waals surface area (Å²) in [5, 5.41) is 3.49. The summed E-state index contributed by atoms with van der Waals surface area (Å²) >= 11 is 3.48. The van der Waals surface area contributed by atoms with Crippen LogP contribution in [0.25, 0.3) is 0 Å². The molecular formula is C16H19BrN2O. The molecule has 0 bridgehead atoms. The number of halogens is 1. The van der Waals surface area contributed by atoms with E-state index in [0.717, 1.165) is 22.3 Å². The monoisotopic (exact) mass is 334 g/mol. The fourth-order valence-electron chi connectivity index (χ4n) is 2.14. The van der Waals surface area contributed by atoms with Gasteiger partial charge in [0.1, 0.15) is 5.75 Å². The van der Waals surface area contributed by atoms with E-state index in [-0.39, 0.29) is 6.04 Å². The molecule has 0 aliphatic heterocycles. The molecule has 0 amide bonds. The minimum atomic E-state index is 0.140. The van der Waals surface area contributed by atoms with Crippen molar-refractivity contribution >= 4 is 15.9 Å². The van der Waals surface area contributed by atoms with Gasteiger partial charge in [-0.25, -0.2) is 0 Å². The first kappa shape index (κ1) is 15.0. The van der Waals surface area contributed by atoms with Crippen LogP contribution in [0.15, 0.2) is 47.2 Å². The van der Waals surface area contributed by atoms with E-state index in [4.69, 9.17) is 4.74 Å². The summed E-state index contributed by atoms with van der Waals surface area (Å²) in [7, 11) is 0. The lowest BCUT2D eigenvalue weighted by Gasteiger charge is -2.19. The molecule has 0 aliphatic rings. The highest BCUT2D eigenvalue weighted by Crippen LogP contribution is 2.25. The molecule has 1 unspecified atom stereocenters. The van der Waals surface area contributed by atoms with E-state index in [1.165, 1.54) is 5.56 Å². The van der Waals surface area contributed by atoms with Gasteiger partial charge >= 0.3 is 0 Å². The molecule has 1 atom stereocenters. The topological polar surface area (TPSA) is 34.1 Å². The lowest BCUT2D eigenvalue weighted by molar-refractivity contribution is 0.340. The van der Waals surface area contributed by atoms with Crippen molar-refractivity contribution in [2.24, 2.45) is 0 Å². The molecule has 0 spiro atoms. The van der Waals surface area contributed by atoms with Gasteiger partial charge in [-0.05, 0) is 58.7 Å². The fraction of sp³-hybridized carbons (Fsp3) is 0.312. The number of pyridine rings is 1. The summed E-state index contributed by atoms with van der Waals surface area (Å²) in [6.45, 7) is 5.67. The molecule has 1 aromatic carbocycles. The van der Waals surface area contributed by atoms with Crippen LogP contribution in [0.5, 0.6) is 5.75 Å². The Bertz CT molecular complexity index is 542. The van der Waals surface area contributed by atoms with Gasteiger partial charge in [0, 0.05) is 16.9 Å². The van der Waals surface area contributed by atoms with Crippen LogP contribution in [0.1, 0.15) is 31.0 Å². The van der Waals surface area contributed by atoms with Crippen molar-refractivity contribution in [3.8, 4) is 5.75 Å². The summed E-state index contributed by atoms with van der Waals surface area (Å²) in [5.41, 5.74) is 2.35. The SMILES string of the molecule is CCNC(c1ccc(OCC)cc1)c1cncc(Br)c1. The predicted molar refractivity (Wildman–Crippen MR) is 85.1 cm³/mol. The van der Waals surface area contributed by atoms with Gasteiger partial charge in [-0.1, -0.05) is 19.1 Å². The molecule has 0 saturated heterocycles. The number of nitrogens with one attached hydrogen (secondary N) is 1. The molecular weight excluding hydrogens is 316 g/mol. The van der Waals surface area contributed by atoms with Crippen molar-refractivity contribution < 1.29 is 4.74 Å². The molecule has 2 aromatic rings. The smallest absolute Gasteiger partial charge is 0.119 e. The average Bonchev–Trinajstić information content (AvgIpc) is 2.46. The van der Waals surface area contributed by atoms with Gasteiger partial charge in [0.2, 0.25) is 0 Å². The van der Waals surface area contributed by atoms with Crippen molar-refractivity contribution in [2.75, 3.05) is 13.2 Å². The van der Waals surface area contributed by atoms with Crippen LogP contribution in [-0.4, -0.2) is 18.1 Å². The molecule has 1 aromatic heterocycles. The normalized spacial score (nSPS) is 12.2. The van der Waals surface area contributed by atoms with E-state index in [1.54, 1.807) is 6.20 Å². The first-order valence-corrected chi connectivity index (χ1v) is 7.60. The highest BCUT2D eigenvalue weighted by Gasteiger charge is 2.13. The number of hydrogen-bond donors (Lipinski definition) is 1. The van der Waals surface area contributed by atoms with E-state index in [9.17, 15) is 0 Å². The summed E-state index contributed by atoms with van der Waals surface area (Å²) in [5.74, 6) is 0.902. The maximum atomic E-state index is 5.49. The Balaban J connectivity index is 2.28. The van der Waals surface area contributed by atoms with E-state index in [2.05, 4.69) is 51.4 Å². The van der Waals surface area contributed by atoms with Crippen LogP contribution in [-0.2, 0) is 0 Å².